The molecule has 37 heavy (non-hydrogen) atoms. The number of likely N-dealkylation sites (tertiary alicyclic amines) is 1. The Morgan fingerprint density at radius 3 is 2.08 bits per heavy atom. The average Bonchev–Trinajstić information content (AvgIpc) is 3.75. The van der Waals surface area contributed by atoms with E-state index in [1.165, 1.54) is 0 Å². The van der Waals surface area contributed by atoms with Crippen molar-refractivity contribution < 1.29 is 19.4 Å². The fraction of sp³-hybridized carbons (Fsp3) is 0.333. The summed E-state index contributed by atoms with van der Waals surface area (Å²) in [4.78, 5) is 28.8. The van der Waals surface area contributed by atoms with Crippen LogP contribution in [0.5, 0.6) is 11.5 Å². The van der Waals surface area contributed by atoms with Gasteiger partial charge in [-0.2, -0.15) is 0 Å². The van der Waals surface area contributed by atoms with Gasteiger partial charge >= 0.3 is 5.97 Å². The highest BCUT2D eigenvalue weighted by molar-refractivity contribution is 5.92. The smallest absolute Gasteiger partial charge is 0.335 e. The van der Waals surface area contributed by atoms with Crippen LogP contribution >= 0.6 is 0 Å². The highest BCUT2D eigenvalue weighted by Crippen LogP contribution is 2.32. The second-order valence-corrected chi connectivity index (χ2v) is 9.90. The molecule has 0 aromatic heterocycles. The Hall–Kier alpha value is -3.68. The Morgan fingerprint density at radius 1 is 0.838 bits per heavy atom. The number of para-hydroxylation sites is 1. The molecule has 1 heterocycles. The number of carboxylic acid groups (broad SMARTS) is 1. The number of hydrogen-bond acceptors (Lipinski definition) is 5. The molecule has 7 nitrogen and oxygen atoms in total. The minimum absolute atomic E-state index is 0.0181. The molecule has 5 rings (SSSR count). The highest BCUT2D eigenvalue weighted by Gasteiger charge is 2.36. The quantitative estimate of drug-likeness (QED) is 0.397. The maximum Gasteiger partial charge on any atom is 0.335 e. The summed E-state index contributed by atoms with van der Waals surface area (Å²) in [5.74, 6) is 0.630. The number of carbonyl (C=O) groups excluding carboxylic acids is 1. The number of piperidine rings is 1. The van der Waals surface area contributed by atoms with E-state index in [9.17, 15) is 9.59 Å². The number of anilines is 1. The van der Waals surface area contributed by atoms with Gasteiger partial charge in [0.25, 0.3) is 0 Å². The lowest BCUT2D eigenvalue weighted by Crippen LogP contribution is -2.48. The van der Waals surface area contributed by atoms with Gasteiger partial charge in [0, 0.05) is 24.3 Å². The van der Waals surface area contributed by atoms with E-state index in [4.69, 9.17) is 9.84 Å². The van der Waals surface area contributed by atoms with Crippen LogP contribution in [0.2, 0.25) is 0 Å². The van der Waals surface area contributed by atoms with E-state index < -0.39 is 5.97 Å². The average molecular weight is 500 g/mol. The van der Waals surface area contributed by atoms with Gasteiger partial charge in [0.05, 0.1) is 12.1 Å². The predicted molar refractivity (Wildman–Crippen MR) is 143 cm³/mol. The summed E-state index contributed by atoms with van der Waals surface area (Å²) in [7, 11) is 0. The van der Waals surface area contributed by atoms with Crippen LogP contribution in [0.4, 0.5) is 5.69 Å². The van der Waals surface area contributed by atoms with Crippen LogP contribution < -0.4 is 10.1 Å². The van der Waals surface area contributed by atoms with Crippen molar-refractivity contribution in [3.8, 4) is 11.5 Å². The van der Waals surface area contributed by atoms with Crippen LogP contribution in [-0.4, -0.2) is 58.5 Å². The van der Waals surface area contributed by atoms with E-state index in [0.29, 0.717) is 24.2 Å². The summed E-state index contributed by atoms with van der Waals surface area (Å²) in [5.41, 5.74) is 2.21. The van der Waals surface area contributed by atoms with Gasteiger partial charge in [-0.25, -0.2) is 4.79 Å². The second-order valence-electron chi connectivity index (χ2n) is 9.90. The first-order valence-corrected chi connectivity index (χ1v) is 13.0. The maximum atomic E-state index is 12.9. The Bertz CT molecular complexity index is 1190. The first kappa shape index (κ1) is 25.0. The van der Waals surface area contributed by atoms with Crippen molar-refractivity contribution in [1.82, 2.24) is 9.80 Å². The van der Waals surface area contributed by atoms with Gasteiger partial charge in [0.2, 0.25) is 5.91 Å². The molecule has 192 valence electrons. The van der Waals surface area contributed by atoms with Crippen LogP contribution in [0.1, 0.15) is 41.6 Å². The summed E-state index contributed by atoms with van der Waals surface area (Å²) in [6.45, 7) is 3.17. The van der Waals surface area contributed by atoms with Gasteiger partial charge in [0.15, 0.2) is 0 Å². The van der Waals surface area contributed by atoms with Gasteiger partial charge in [-0.15, -0.1) is 0 Å². The molecule has 3 aromatic carbocycles. The number of carboxylic acids is 1. The summed E-state index contributed by atoms with van der Waals surface area (Å²) in [5, 5.41) is 12.1. The van der Waals surface area contributed by atoms with Crippen molar-refractivity contribution in [2.24, 2.45) is 0 Å². The summed E-state index contributed by atoms with van der Waals surface area (Å²) < 4.78 is 5.83. The molecule has 0 atom stereocenters. The number of ether oxygens (including phenoxy) is 1. The van der Waals surface area contributed by atoms with E-state index in [2.05, 4.69) is 15.1 Å². The third kappa shape index (κ3) is 6.96. The normalized spacial score (nSPS) is 16.5. The molecule has 0 unspecified atom stereocenters. The lowest BCUT2D eigenvalue weighted by atomic mass is 10.0. The van der Waals surface area contributed by atoms with Gasteiger partial charge in [-0.05, 0) is 92.9 Å². The molecule has 1 amide bonds. The molecule has 3 aromatic rings. The minimum Gasteiger partial charge on any atom is -0.478 e. The Labute approximate surface area is 217 Å². The number of amides is 1. The Morgan fingerprint density at radius 2 is 1.46 bits per heavy atom. The molecule has 0 spiro atoms. The van der Waals surface area contributed by atoms with E-state index in [1.807, 2.05) is 66.7 Å². The zero-order valence-electron chi connectivity index (χ0n) is 20.9. The molecule has 2 fully saturated rings. The SMILES string of the molecule is O=C(CN(C1CC1)C1CCN(Cc2ccc(C(=O)O)cc2)CC1)Nc1ccc(Oc2ccccc2)cc1. The number of benzene rings is 3. The molecule has 7 heteroatoms. The van der Waals surface area contributed by atoms with Gasteiger partial charge in [-0.1, -0.05) is 30.3 Å². The number of nitrogens with zero attached hydrogens (tertiary/aromatic N) is 2. The van der Waals surface area contributed by atoms with Crippen molar-refractivity contribution in [2.45, 2.75) is 44.3 Å². The molecule has 2 aliphatic rings. The van der Waals surface area contributed by atoms with Crippen LogP contribution in [0.25, 0.3) is 0 Å². The fourth-order valence-electron chi connectivity index (χ4n) is 4.98. The van der Waals surface area contributed by atoms with Crippen molar-refractivity contribution in [2.75, 3.05) is 25.0 Å². The molecule has 2 N–H and O–H groups in total. The maximum absolute atomic E-state index is 12.9. The van der Waals surface area contributed by atoms with Crippen molar-refractivity contribution in [3.63, 3.8) is 0 Å². The standard InChI is InChI=1S/C30H33N3O4/c34-29(31-24-10-14-28(15-11-24)37-27-4-2-1-3-5-27)21-33(25-12-13-25)26-16-18-32(19-17-26)20-22-6-8-23(9-7-22)30(35)36/h1-11,14-15,25-26H,12-13,16-21H2,(H,31,34)(H,35,36). The number of nitrogens with one attached hydrogen (secondary N) is 1. The Balaban J connectivity index is 1.10. The zero-order valence-corrected chi connectivity index (χ0v) is 20.9. The molecule has 1 aliphatic heterocycles. The van der Waals surface area contributed by atoms with Gasteiger partial charge in [-0.3, -0.25) is 14.6 Å². The van der Waals surface area contributed by atoms with Crippen LogP contribution in [-0.2, 0) is 11.3 Å². The summed E-state index contributed by atoms with van der Waals surface area (Å²) >= 11 is 0. The van der Waals surface area contributed by atoms with E-state index in [1.54, 1.807) is 12.1 Å². The first-order valence-electron chi connectivity index (χ1n) is 13.0. The van der Waals surface area contributed by atoms with E-state index in [0.717, 1.165) is 68.1 Å². The van der Waals surface area contributed by atoms with Crippen LogP contribution in [0.3, 0.4) is 0 Å². The first-order chi connectivity index (χ1) is 18.0. The Kier molecular flexibility index (Phi) is 7.82. The number of aromatic carboxylic acids is 1. The monoisotopic (exact) mass is 499 g/mol. The summed E-state index contributed by atoms with van der Waals surface area (Å²) in [6.07, 6.45) is 4.38. The third-order valence-corrected chi connectivity index (χ3v) is 7.09. The molecular weight excluding hydrogens is 466 g/mol. The predicted octanol–water partition coefficient (Wildman–Crippen LogP) is 5.24. The lowest BCUT2D eigenvalue weighted by Gasteiger charge is -2.38. The van der Waals surface area contributed by atoms with Crippen molar-refractivity contribution in [1.29, 1.82) is 0 Å². The number of hydrogen-bond donors (Lipinski definition) is 2. The largest absolute Gasteiger partial charge is 0.478 e. The number of rotatable bonds is 10. The highest BCUT2D eigenvalue weighted by atomic mass is 16.5. The van der Waals surface area contributed by atoms with Crippen molar-refractivity contribution in [3.05, 3.63) is 90.0 Å². The molecular formula is C30H33N3O4. The van der Waals surface area contributed by atoms with Crippen molar-refractivity contribution >= 4 is 17.6 Å². The molecule has 1 saturated heterocycles. The molecule has 1 saturated carbocycles. The fourth-order valence-corrected chi connectivity index (χ4v) is 4.98. The number of carbonyl (C=O) groups is 2. The minimum atomic E-state index is -0.898. The van der Waals surface area contributed by atoms with Crippen LogP contribution in [0.15, 0.2) is 78.9 Å². The second kappa shape index (κ2) is 11.6. The van der Waals surface area contributed by atoms with E-state index >= 15 is 0 Å². The van der Waals surface area contributed by atoms with Crippen LogP contribution in [0, 0.1) is 0 Å². The molecule has 1 aliphatic carbocycles. The third-order valence-electron chi connectivity index (χ3n) is 7.09. The van der Waals surface area contributed by atoms with Gasteiger partial charge < -0.3 is 15.2 Å². The topological polar surface area (TPSA) is 82.1 Å². The van der Waals surface area contributed by atoms with Gasteiger partial charge in [0.1, 0.15) is 11.5 Å². The molecule has 0 radical (unpaired) electrons. The zero-order chi connectivity index (χ0) is 25.6. The van der Waals surface area contributed by atoms with E-state index in [-0.39, 0.29) is 5.91 Å². The lowest BCUT2D eigenvalue weighted by molar-refractivity contribution is -0.118. The summed E-state index contributed by atoms with van der Waals surface area (Å²) in [6, 6.07) is 25.2. The molecule has 0 bridgehead atoms.